The second kappa shape index (κ2) is 13.9. The van der Waals surface area contributed by atoms with Gasteiger partial charge in [-0.15, -0.1) is 0 Å². The monoisotopic (exact) mass is 825 g/mol. The summed E-state index contributed by atoms with van der Waals surface area (Å²) in [5.74, 6) is 0. The minimum Gasteiger partial charge on any atom is -0.309 e. The Morgan fingerprint density at radius 2 is 0.600 bits per heavy atom. The predicted octanol–water partition coefficient (Wildman–Crippen LogP) is 16.6. The highest BCUT2D eigenvalue weighted by Crippen LogP contribution is 2.42. The molecule has 0 fully saturated rings. The van der Waals surface area contributed by atoms with Crippen LogP contribution in [0.3, 0.4) is 0 Å². The molecule has 0 N–H and O–H groups in total. The van der Waals surface area contributed by atoms with Gasteiger partial charge in [-0.05, 0) is 129 Å². The number of hydrogen-bond acceptors (Lipinski definition) is 0. The van der Waals surface area contributed by atoms with Gasteiger partial charge in [-0.1, -0.05) is 152 Å². The zero-order valence-electron chi connectivity index (χ0n) is 35.4. The maximum absolute atomic E-state index is 2.48. The number of para-hydroxylation sites is 2. The fraction of sp³-hybridized carbons (Fsp3) is 0. The van der Waals surface area contributed by atoms with Crippen LogP contribution in [0.2, 0.25) is 0 Å². The molecule has 0 atom stereocenters. The van der Waals surface area contributed by atoms with Crippen molar-refractivity contribution >= 4 is 87.0 Å². The SMILES string of the molecule is c1ccc(-c2cccc(-n3c4ccccc4c4cc(-c5ccc6c(c5)c5cc7c8ccccc8n(-c8ccc9ccccc9c8)c7cc5n6-c5ccc6ccccc6c5)ccc43)c2)cc1. The Bertz CT molecular complexity index is 4240. The Balaban J connectivity index is 1.000. The van der Waals surface area contributed by atoms with Gasteiger partial charge in [-0.2, -0.15) is 0 Å². The third-order valence-corrected chi connectivity index (χ3v) is 13.8. The van der Waals surface area contributed by atoms with Crippen LogP contribution in [-0.2, 0) is 0 Å². The van der Waals surface area contributed by atoms with Gasteiger partial charge >= 0.3 is 0 Å². The first-order valence-corrected chi connectivity index (χ1v) is 22.4. The van der Waals surface area contributed by atoms with Crippen LogP contribution in [0, 0.1) is 0 Å². The summed E-state index contributed by atoms with van der Waals surface area (Å²) in [6.07, 6.45) is 0. The van der Waals surface area contributed by atoms with Crippen molar-refractivity contribution in [3.05, 3.63) is 237 Å². The summed E-state index contributed by atoms with van der Waals surface area (Å²) in [5, 5.41) is 12.4. The van der Waals surface area contributed by atoms with Crippen LogP contribution in [-0.4, -0.2) is 13.7 Å². The molecule has 3 heteroatoms. The van der Waals surface area contributed by atoms with Gasteiger partial charge < -0.3 is 13.7 Å². The van der Waals surface area contributed by atoms with Crippen LogP contribution < -0.4 is 0 Å². The maximum Gasteiger partial charge on any atom is 0.0562 e. The highest BCUT2D eigenvalue weighted by molar-refractivity contribution is 6.20. The molecule has 0 radical (unpaired) electrons. The maximum atomic E-state index is 2.48. The van der Waals surface area contributed by atoms with Gasteiger partial charge in [-0.25, -0.2) is 0 Å². The molecule has 0 saturated carbocycles. The van der Waals surface area contributed by atoms with E-state index in [1.165, 1.54) is 109 Å². The lowest BCUT2D eigenvalue weighted by molar-refractivity contribution is 1.17. The van der Waals surface area contributed by atoms with E-state index in [9.17, 15) is 0 Å². The van der Waals surface area contributed by atoms with Crippen LogP contribution in [0.1, 0.15) is 0 Å². The Morgan fingerprint density at radius 1 is 0.185 bits per heavy atom. The summed E-state index contributed by atoms with van der Waals surface area (Å²) < 4.78 is 7.35. The van der Waals surface area contributed by atoms with Gasteiger partial charge in [0.05, 0.1) is 33.1 Å². The van der Waals surface area contributed by atoms with Gasteiger partial charge in [0.15, 0.2) is 0 Å². The lowest BCUT2D eigenvalue weighted by Crippen LogP contribution is -1.96. The van der Waals surface area contributed by atoms with Crippen molar-refractivity contribution in [1.29, 1.82) is 0 Å². The molecule has 0 aliphatic heterocycles. The smallest absolute Gasteiger partial charge is 0.0562 e. The molecule has 0 bridgehead atoms. The third-order valence-electron chi connectivity index (χ3n) is 13.8. The Kier molecular flexibility index (Phi) is 7.69. The molecular weight excluding hydrogens is 787 g/mol. The molecule has 0 aliphatic rings. The quantitative estimate of drug-likeness (QED) is 0.164. The van der Waals surface area contributed by atoms with Crippen LogP contribution in [0.4, 0.5) is 0 Å². The fourth-order valence-corrected chi connectivity index (χ4v) is 10.7. The van der Waals surface area contributed by atoms with Crippen LogP contribution in [0.15, 0.2) is 237 Å². The van der Waals surface area contributed by atoms with Crippen molar-refractivity contribution in [2.75, 3.05) is 0 Å². The van der Waals surface area contributed by atoms with E-state index in [1.807, 2.05) is 0 Å². The Hall–Kier alpha value is -8.66. The van der Waals surface area contributed by atoms with Crippen molar-refractivity contribution in [3.63, 3.8) is 0 Å². The molecule has 0 spiro atoms. The molecule has 65 heavy (non-hydrogen) atoms. The van der Waals surface area contributed by atoms with Crippen LogP contribution in [0.25, 0.3) is 126 Å². The van der Waals surface area contributed by atoms with Gasteiger partial charge in [0.1, 0.15) is 0 Å². The summed E-state index contributed by atoms with van der Waals surface area (Å²) in [7, 11) is 0. The van der Waals surface area contributed by atoms with Gasteiger partial charge in [0.2, 0.25) is 0 Å². The summed E-state index contributed by atoms with van der Waals surface area (Å²) >= 11 is 0. The first kappa shape index (κ1) is 35.9. The average Bonchev–Trinajstić information content (AvgIpc) is 4.00. The van der Waals surface area contributed by atoms with E-state index in [1.54, 1.807) is 0 Å². The Morgan fingerprint density at radius 3 is 1.20 bits per heavy atom. The van der Waals surface area contributed by atoms with E-state index < -0.39 is 0 Å². The van der Waals surface area contributed by atoms with Crippen molar-refractivity contribution in [3.8, 4) is 39.3 Å². The second-order valence-corrected chi connectivity index (χ2v) is 17.4. The first-order chi connectivity index (χ1) is 32.2. The summed E-state index contributed by atoms with van der Waals surface area (Å²) in [4.78, 5) is 0. The highest BCUT2D eigenvalue weighted by Gasteiger charge is 2.20. The van der Waals surface area contributed by atoms with Crippen molar-refractivity contribution in [2.45, 2.75) is 0 Å². The van der Waals surface area contributed by atoms with E-state index in [2.05, 4.69) is 250 Å². The predicted molar refractivity (Wildman–Crippen MR) is 275 cm³/mol. The number of benzene rings is 11. The van der Waals surface area contributed by atoms with Crippen molar-refractivity contribution in [1.82, 2.24) is 13.7 Å². The van der Waals surface area contributed by atoms with Gasteiger partial charge in [0.25, 0.3) is 0 Å². The molecule has 3 aromatic heterocycles. The molecule has 0 amide bonds. The van der Waals surface area contributed by atoms with Crippen LogP contribution >= 0.6 is 0 Å². The summed E-state index contributed by atoms with van der Waals surface area (Å²) in [5.41, 5.74) is 15.4. The van der Waals surface area contributed by atoms with E-state index in [0.717, 1.165) is 17.1 Å². The molecule has 0 aliphatic carbocycles. The number of nitrogens with zero attached hydrogens (tertiary/aromatic N) is 3. The lowest BCUT2D eigenvalue weighted by atomic mass is 10.00. The topological polar surface area (TPSA) is 14.8 Å². The summed E-state index contributed by atoms with van der Waals surface area (Å²) in [6.45, 7) is 0. The van der Waals surface area contributed by atoms with Gasteiger partial charge in [-0.3, -0.25) is 0 Å². The van der Waals surface area contributed by atoms with Crippen molar-refractivity contribution in [2.24, 2.45) is 0 Å². The standard InChI is InChI=1S/C62H39N3/c1-2-13-40(14-3-1)45-19-12-20-48(33-45)63-57-23-10-8-21-51(57)53-36-46(27-31-59(53)63)47-28-32-60-54(37-47)56-38-55-52-22-9-11-24-58(52)64(49-29-25-41-15-4-6-17-43(41)34-49)61(55)39-62(56)65(60)50-30-26-42-16-5-7-18-44(42)35-50/h1-39H. The molecule has 0 saturated heterocycles. The number of hydrogen-bond donors (Lipinski definition) is 0. The minimum absolute atomic E-state index is 1.15. The lowest BCUT2D eigenvalue weighted by Gasteiger charge is -2.12. The second-order valence-electron chi connectivity index (χ2n) is 17.4. The first-order valence-electron chi connectivity index (χ1n) is 22.4. The molecular formula is C62H39N3. The Labute approximate surface area is 374 Å². The number of fused-ring (bicyclic) bond motifs is 11. The minimum atomic E-state index is 1.15. The summed E-state index contributed by atoms with van der Waals surface area (Å²) in [6, 6.07) is 87.2. The van der Waals surface area contributed by atoms with Crippen molar-refractivity contribution < 1.29 is 0 Å². The molecule has 14 rings (SSSR count). The fourth-order valence-electron chi connectivity index (χ4n) is 10.7. The molecule has 302 valence electrons. The average molecular weight is 826 g/mol. The molecule has 14 aromatic rings. The van der Waals surface area contributed by atoms with E-state index in [-0.39, 0.29) is 0 Å². The zero-order valence-corrected chi connectivity index (χ0v) is 35.4. The van der Waals surface area contributed by atoms with E-state index in [0.29, 0.717) is 0 Å². The zero-order chi connectivity index (χ0) is 42.6. The molecule has 11 aromatic carbocycles. The molecule has 0 unspecified atom stereocenters. The normalized spacial score (nSPS) is 12.0. The van der Waals surface area contributed by atoms with Gasteiger partial charge in [0, 0.05) is 49.4 Å². The number of aromatic nitrogens is 3. The van der Waals surface area contributed by atoms with E-state index >= 15 is 0 Å². The molecule has 3 nitrogen and oxygen atoms in total. The number of rotatable bonds is 5. The largest absolute Gasteiger partial charge is 0.309 e. The van der Waals surface area contributed by atoms with Crippen LogP contribution in [0.5, 0.6) is 0 Å². The van der Waals surface area contributed by atoms with E-state index in [4.69, 9.17) is 0 Å². The third kappa shape index (κ3) is 5.49. The molecule has 3 heterocycles. The highest BCUT2D eigenvalue weighted by atomic mass is 15.0.